The summed E-state index contributed by atoms with van der Waals surface area (Å²) >= 11 is 0. The summed E-state index contributed by atoms with van der Waals surface area (Å²) in [6, 6.07) is 3.17. The van der Waals surface area contributed by atoms with Gasteiger partial charge in [-0.15, -0.1) is 0 Å². The molecule has 145 valence electrons. The minimum absolute atomic E-state index is 0.191. The van der Waals surface area contributed by atoms with E-state index < -0.39 is 0 Å². The van der Waals surface area contributed by atoms with Gasteiger partial charge in [0.1, 0.15) is 11.4 Å². The van der Waals surface area contributed by atoms with Gasteiger partial charge in [-0.25, -0.2) is 0 Å². The number of rotatable bonds is 9. The molecule has 9 heteroatoms. The lowest BCUT2D eigenvalue weighted by atomic mass is 10.3. The SMILES string of the molecule is CN(C)CCCNC(=O)c1cc(NC(=O)c2cc(N[C]=O)cn2C)cn1C. The molecule has 0 aromatic carbocycles. The summed E-state index contributed by atoms with van der Waals surface area (Å²) in [6.45, 7) is 1.47. The van der Waals surface area contributed by atoms with Crippen LogP contribution in [0.15, 0.2) is 24.5 Å². The number of carbonyl (C=O) groups is 2. The van der Waals surface area contributed by atoms with E-state index >= 15 is 0 Å². The molecule has 0 aliphatic rings. The molecule has 1 radical (unpaired) electrons. The van der Waals surface area contributed by atoms with Crippen molar-refractivity contribution in [3.8, 4) is 0 Å². The molecular formula is C18H25N6O3. The third kappa shape index (κ3) is 5.45. The largest absolute Gasteiger partial charge is 0.351 e. The minimum Gasteiger partial charge on any atom is -0.351 e. The molecule has 2 rings (SSSR count). The fourth-order valence-corrected chi connectivity index (χ4v) is 2.66. The van der Waals surface area contributed by atoms with Crippen molar-refractivity contribution in [3.63, 3.8) is 0 Å². The van der Waals surface area contributed by atoms with Crippen LogP contribution in [0.1, 0.15) is 27.4 Å². The van der Waals surface area contributed by atoms with Crippen LogP contribution >= 0.6 is 0 Å². The molecule has 2 aromatic rings. The Labute approximate surface area is 158 Å². The van der Waals surface area contributed by atoms with Crippen LogP contribution in [-0.4, -0.2) is 59.4 Å². The van der Waals surface area contributed by atoms with Gasteiger partial charge in [0, 0.05) is 33.0 Å². The summed E-state index contributed by atoms with van der Waals surface area (Å²) in [5.41, 5.74) is 1.81. The molecule has 0 fully saturated rings. The number of nitrogens with zero attached hydrogens (tertiary/aromatic N) is 3. The van der Waals surface area contributed by atoms with Gasteiger partial charge >= 0.3 is 6.41 Å². The smallest absolute Gasteiger partial charge is 0.314 e. The van der Waals surface area contributed by atoms with Crippen molar-refractivity contribution >= 4 is 29.6 Å². The number of carbonyl (C=O) groups excluding carboxylic acids is 3. The number of amides is 3. The van der Waals surface area contributed by atoms with Crippen LogP contribution in [0.4, 0.5) is 11.4 Å². The van der Waals surface area contributed by atoms with Gasteiger partial charge in [-0.2, -0.15) is 0 Å². The second kappa shape index (κ2) is 9.04. The molecule has 0 unspecified atom stereocenters. The van der Waals surface area contributed by atoms with Gasteiger partial charge in [0.25, 0.3) is 11.8 Å². The lowest BCUT2D eigenvalue weighted by molar-refractivity contribution is 0.0943. The molecule has 0 atom stereocenters. The molecule has 2 aromatic heterocycles. The second-order valence-electron chi connectivity index (χ2n) is 6.54. The Morgan fingerprint density at radius 3 is 2.26 bits per heavy atom. The molecule has 27 heavy (non-hydrogen) atoms. The highest BCUT2D eigenvalue weighted by molar-refractivity contribution is 6.05. The molecular weight excluding hydrogens is 348 g/mol. The zero-order valence-corrected chi connectivity index (χ0v) is 16.0. The summed E-state index contributed by atoms with van der Waals surface area (Å²) in [5.74, 6) is -0.538. The number of aryl methyl sites for hydroxylation is 2. The first-order valence-corrected chi connectivity index (χ1v) is 8.52. The molecule has 0 spiro atoms. The molecule has 3 amide bonds. The predicted molar refractivity (Wildman–Crippen MR) is 104 cm³/mol. The normalized spacial score (nSPS) is 10.7. The highest BCUT2D eigenvalue weighted by Crippen LogP contribution is 2.17. The van der Waals surface area contributed by atoms with Crippen LogP contribution in [0.5, 0.6) is 0 Å². The summed E-state index contributed by atoms with van der Waals surface area (Å²) in [6.07, 6.45) is 5.71. The maximum Gasteiger partial charge on any atom is 0.314 e. The average Bonchev–Trinajstić information content (AvgIpc) is 3.14. The molecule has 0 aliphatic heterocycles. The van der Waals surface area contributed by atoms with Crippen LogP contribution in [-0.2, 0) is 18.9 Å². The number of nitrogens with one attached hydrogen (secondary N) is 3. The summed E-state index contributed by atoms with van der Waals surface area (Å²) in [4.78, 5) is 37.2. The van der Waals surface area contributed by atoms with E-state index in [1.54, 1.807) is 54.2 Å². The van der Waals surface area contributed by atoms with Crippen LogP contribution in [0, 0.1) is 0 Å². The van der Waals surface area contributed by atoms with Gasteiger partial charge < -0.3 is 30.0 Å². The molecule has 0 saturated heterocycles. The Bertz CT molecular complexity index is 821. The van der Waals surface area contributed by atoms with Crippen LogP contribution < -0.4 is 16.0 Å². The quantitative estimate of drug-likeness (QED) is 0.447. The van der Waals surface area contributed by atoms with Gasteiger partial charge in [-0.1, -0.05) is 0 Å². The number of aromatic nitrogens is 2. The first-order valence-electron chi connectivity index (χ1n) is 8.52. The van der Waals surface area contributed by atoms with Crippen molar-refractivity contribution in [3.05, 3.63) is 35.9 Å². The third-order valence-corrected chi connectivity index (χ3v) is 4.00. The maximum absolute atomic E-state index is 12.4. The Morgan fingerprint density at radius 2 is 1.63 bits per heavy atom. The predicted octanol–water partition coefficient (Wildman–Crippen LogP) is 0.777. The fourth-order valence-electron chi connectivity index (χ4n) is 2.66. The van der Waals surface area contributed by atoms with Crippen molar-refractivity contribution in [2.24, 2.45) is 14.1 Å². The second-order valence-corrected chi connectivity index (χ2v) is 6.54. The molecule has 0 bridgehead atoms. The highest BCUT2D eigenvalue weighted by atomic mass is 16.2. The topological polar surface area (TPSA) is 100 Å². The summed E-state index contributed by atoms with van der Waals surface area (Å²) in [7, 11) is 7.41. The fraction of sp³-hybridized carbons (Fsp3) is 0.389. The van der Waals surface area contributed by atoms with E-state index in [4.69, 9.17) is 0 Å². The van der Waals surface area contributed by atoms with Gasteiger partial charge in [0.2, 0.25) is 0 Å². The number of anilines is 2. The van der Waals surface area contributed by atoms with E-state index in [9.17, 15) is 14.4 Å². The van der Waals surface area contributed by atoms with Crippen molar-refractivity contribution in [1.82, 2.24) is 19.4 Å². The zero-order chi connectivity index (χ0) is 20.0. The summed E-state index contributed by atoms with van der Waals surface area (Å²) in [5, 5.41) is 8.01. The standard InChI is InChI=1S/C18H25N6O3/c1-22(2)7-5-6-19-17(26)15-9-14(11-24(15)4)21-18(27)16-8-13(20-12-25)10-23(16)3/h8-11H,5-7H2,1-4H3,(H,19,26)(H,20,25)(H,21,27). The van der Waals surface area contributed by atoms with E-state index in [0.717, 1.165) is 13.0 Å². The van der Waals surface area contributed by atoms with E-state index in [-0.39, 0.29) is 11.8 Å². The third-order valence-electron chi connectivity index (χ3n) is 4.00. The van der Waals surface area contributed by atoms with Gasteiger partial charge in [0.15, 0.2) is 0 Å². The van der Waals surface area contributed by atoms with E-state index in [1.165, 1.54) is 0 Å². The van der Waals surface area contributed by atoms with Crippen LogP contribution in [0.2, 0.25) is 0 Å². The minimum atomic E-state index is -0.347. The van der Waals surface area contributed by atoms with Crippen molar-refractivity contribution in [1.29, 1.82) is 0 Å². The highest BCUT2D eigenvalue weighted by Gasteiger charge is 2.16. The van der Waals surface area contributed by atoms with E-state index in [0.29, 0.717) is 29.3 Å². The Hall–Kier alpha value is -3.07. The molecule has 2 heterocycles. The Morgan fingerprint density at radius 1 is 1.04 bits per heavy atom. The zero-order valence-electron chi connectivity index (χ0n) is 16.0. The van der Waals surface area contributed by atoms with E-state index in [1.807, 2.05) is 14.1 Å². The van der Waals surface area contributed by atoms with Crippen LogP contribution in [0.3, 0.4) is 0 Å². The monoisotopic (exact) mass is 373 g/mol. The molecule has 0 aliphatic carbocycles. The lowest BCUT2D eigenvalue weighted by Crippen LogP contribution is -2.28. The Balaban J connectivity index is 2.00. The molecule has 3 N–H and O–H groups in total. The van der Waals surface area contributed by atoms with Gasteiger partial charge in [-0.3, -0.25) is 14.4 Å². The van der Waals surface area contributed by atoms with E-state index in [2.05, 4.69) is 20.9 Å². The van der Waals surface area contributed by atoms with Crippen molar-refractivity contribution < 1.29 is 14.4 Å². The maximum atomic E-state index is 12.4. The van der Waals surface area contributed by atoms with Crippen LogP contribution in [0.25, 0.3) is 0 Å². The lowest BCUT2D eigenvalue weighted by Gasteiger charge is -2.10. The van der Waals surface area contributed by atoms with Gasteiger partial charge in [0.05, 0.1) is 11.4 Å². The molecule has 9 nitrogen and oxygen atoms in total. The average molecular weight is 373 g/mol. The van der Waals surface area contributed by atoms with Crippen molar-refractivity contribution in [2.75, 3.05) is 37.8 Å². The van der Waals surface area contributed by atoms with Gasteiger partial charge in [-0.05, 0) is 39.2 Å². The first-order chi connectivity index (χ1) is 12.8. The Kier molecular flexibility index (Phi) is 6.78. The number of hydrogen-bond acceptors (Lipinski definition) is 4. The summed E-state index contributed by atoms with van der Waals surface area (Å²) < 4.78 is 3.26. The first kappa shape index (κ1) is 20.2. The van der Waals surface area contributed by atoms with Crippen molar-refractivity contribution in [2.45, 2.75) is 6.42 Å². The molecule has 0 saturated carbocycles. The number of hydrogen-bond donors (Lipinski definition) is 3.